The predicted molar refractivity (Wildman–Crippen MR) is 34.0 cm³/mol. The van der Waals surface area contributed by atoms with Crippen LogP contribution in [0.5, 0.6) is 0 Å². The zero-order valence-corrected chi connectivity index (χ0v) is 5.72. The molecule has 54 valence electrons. The summed E-state index contributed by atoms with van der Waals surface area (Å²) in [5, 5.41) is 0. The van der Waals surface area contributed by atoms with Gasteiger partial charge in [0.25, 0.3) is 0 Å². The molecule has 0 spiro atoms. The molecule has 1 aliphatic heterocycles. The van der Waals surface area contributed by atoms with Crippen molar-refractivity contribution in [2.75, 3.05) is 20.3 Å². The lowest BCUT2D eigenvalue weighted by atomic mass is 10.1. The molecule has 1 atom stereocenters. The summed E-state index contributed by atoms with van der Waals surface area (Å²) in [6.45, 7) is 1.69. The van der Waals surface area contributed by atoms with E-state index in [0.717, 1.165) is 26.1 Å². The van der Waals surface area contributed by atoms with E-state index in [-0.39, 0.29) is 0 Å². The van der Waals surface area contributed by atoms with Crippen molar-refractivity contribution in [3.63, 3.8) is 0 Å². The van der Waals surface area contributed by atoms with Crippen molar-refractivity contribution in [3.05, 3.63) is 0 Å². The van der Waals surface area contributed by atoms with E-state index in [0.29, 0.717) is 6.04 Å². The van der Waals surface area contributed by atoms with Crippen molar-refractivity contribution >= 4 is 0 Å². The highest BCUT2D eigenvalue weighted by molar-refractivity contribution is 4.64. The van der Waals surface area contributed by atoms with Crippen LogP contribution in [0, 0.1) is 0 Å². The van der Waals surface area contributed by atoms with Crippen molar-refractivity contribution in [3.8, 4) is 0 Å². The molecule has 0 aromatic carbocycles. The third-order valence-electron chi connectivity index (χ3n) is 1.44. The molecular formula is C6H13NO2. The summed E-state index contributed by atoms with van der Waals surface area (Å²) in [6.07, 6.45) is 2.30. The minimum absolute atomic E-state index is 0.406. The van der Waals surface area contributed by atoms with Gasteiger partial charge in [-0.05, 0) is 12.8 Å². The van der Waals surface area contributed by atoms with Crippen LogP contribution in [0.4, 0.5) is 0 Å². The first-order chi connectivity index (χ1) is 4.43. The molecular weight excluding hydrogens is 118 g/mol. The fourth-order valence-electron chi connectivity index (χ4n) is 1.00. The van der Waals surface area contributed by atoms with Crippen LogP contribution in [-0.4, -0.2) is 26.4 Å². The molecule has 3 nitrogen and oxygen atoms in total. The van der Waals surface area contributed by atoms with Gasteiger partial charge in [0, 0.05) is 6.61 Å². The van der Waals surface area contributed by atoms with E-state index in [2.05, 4.69) is 5.48 Å². The van der Waals surface area contributed by atoms with Crippen molar-refractivity contribution in [2.24, 2.45) is 0 Å². The lowest BCUT2D eigenvalue weighted by Gasteiger charge is -2.21. The van der Waals surface area contributed by atoms with Gasteiger partial charge in [-0.25, -0.2) is 0 Å². The first-order valence-corrected chi connectivity index (χ1v) is 3.29. The third-order valence-corrected chi connectivity index (χ3v) is 1.44. The van der Waals surface area contributed by atoms with Crippen LogP contribution in [0.2, 0.25) is 0 Å². The van der Waals surface area contributed by atoms with Crippen LogP contribution >= 0.6 is 0 Å². The zero-order valence-electron chi connectivity index (χ0n) is 5.72. The highest BCUT2D eigenvalue weighted by Crippen LogP contribution is 2.04. The van der Waals surface area contributed by atoms with Crippen LogP contribution < -0.4 is 5.48 Å². The van der Waals surface area contributed by atoms with E-state index in [4.69, 9.17) is 9.57 Å². The van der Waals surface area contributed by atoms with Gasteiger partial charge in [-0.2, -0.15) is 5.48 Å². The van der Waals surface area contributed by atoms with Crippen molar-refractivity contribution in [1.29, 1.82) is 0 Å². The molecule has 0 saturated carbocycles. The number of hydrogen-bond acceptors (Lipinski definition) is 3. The zero-order chi connectivity index (χ0) is 6.53. The van der Waals surface area contributed by atoms with Crippen LogP contribution in [0.15, 0.2) is 0 Å². The summed E-state index contributed by atoms with van der Waals surface area (Å²) >= 11 is 0. The molecule has 0 aromatic rings. The van der Waals surface area contributed by atoms with E-state index >= 15 is 0 Å². The standard InChI is InChI=1S/C6H13NO2/c1-8-7-6-3-2-4-9-5-6/h6-7H,2-5H2,1H3. The van der Waals surface area contributed by atoms with Crippen molar-refractivity contribution in [1.82, 2.24) is 5.48 Å². The minimum atomic E-state index is 0.406. The Hall–Kier alpha value is -0.120. The third kappa shape index (κ3) is 2.30. The number of ether oxygens (including phenoxy) is 1. The number of hydroxylamine groups is 1. The Kier molecular flexibility index (Phi) is 2.97. The van der Waals surface area contributed by atoms with E-state index in [1.807, 2.05) is 0 Å². The lowest BCUT2D eigenvalue weighted by Crippen LogP contribution is -2.35. The van der Waals surface area contributed by atoms with E-state index < -0.39 is 0 Å². The Morgan fingerprint density at radius 1 is 1.67 bits per heavy atom. The minimum Gasteiger partial charge on any atom is -0.380 e. The molecule has 9 heavy (non-hydrogen) atoms. The molecule has 1 rings (SSSR count). The SMILES string of the molecule is CONC1CCCOC1. The van der Waals surface area contributed by atoms with Crippen LogP contribution in [0.1, 0.15) is 12.8 Å². The molecule has 1 heterocycles. The molecule has 0 bridgehead atoms. The quantitative estimate of drug-likeness (QED) is 0.547. The smallest absolute Gasteiger partial charge is 0.0642 e. The second-order valence-electron chi connectivity index (χ2n) is 2.24. The molecule has 1 fully saturated rings. The van der Waals surface area contributed by atoms with Gasteiger partial charge in [0.2, 0.25) is 0 Å². The topological polar surface area (TPSA) is 30.5 Å². The second kappa shape index (κ2) is 3.82. The average Bonchev–Trinajstić information content (AvgIpc) is 1.91. The highest BCUT2D eigenvalue weighted by atomic mass is 16.6. The highest BCUT2D eigenvalue weighted by Gasteiger charge is 2.11. The molecule has 0 aliphatic carbocycles. The summed E-state index contributed by atoms with van der Waals surface area (Å²) in [5.74, 6) is 0. The maximum Gasteiger partial charge on any atom is 0.0642 e. The molecule has 1 N–H and O–H groups in total. The Morgan fingerprint density at radius 2 is 2.56 bits per heavy atom. The molecule has 1 saturated heterocycles. The summed E-state index contributed by atoms with van der Waals surface area (Å²) in [5.41, 5.74) is 2.86. The van der Waals surface area contributed by atoms with Gasteiger partial charge < -0.3 is 9.57 Å². The second-order valence-corrected chi connectivity index (χ2v) is 2.24. The van der Waals surface area contributed by atoms with Gasteiger partial charge in [-0.15, -0.1) is 0 Å². The van der Waals surface area contributed by atoms with Gasteiger partial charge >= 0.3 is 0 Å². The molecule has 1 unspecified atom stereocenters. The largest absolute Gasteiger partial charge is 0.380 e. The number of nitrogens with one attached hydrogen (secondary N) is 1. The lowest BCUT2D eigenvalue weighted by molar-refractivity contribution is -0.00871. The molecule has 1 aliphatic rings. The maximum atomic E-state index is 5.19. The Morgan fingerprint density at radius 3 is 3.11 bits per heavy atom. The average molecular weight is 131 g/mol. The van der Waals surface area contributed by atoms with E-state index in [1.54, 1.807) is 7.11 Å². The monoisotopic (exact) mass is 131 g/mol. The Balaban J connectivity index is 2.08. The van der Waals surface area contributed by atoms with Gasteiger partial charge in [0.15, 0.2) is 0 Å². The molecule has 0 amide bonds. The summed E-state index contributed by atoms with van der Waals surface area (Å²) < 4.78 is 5.19. The van der Waals surface area contributed by atoms with Gasteiger partial charge in [-0.3, -0.25) is 0 Å². The predicted octanol–water partition coefficient (Wildman–Crippen LogP) is 0.316. The molecule has 0 aromatic heterocycles. The summed E-state index contributed by atoms with van der Waals surface area (Å²) in [6, 6.07) is 0.406. The number of rotatable bonds is 2. The van der Waals surface area contributed by atoms with E-state index in [1.165, 1.54) is 0 Å². The first kappa shape index (κ1) is 6.99. The number of hydrogen-bond donors (Lipinski definition) is 1. The fourth-order valence-corrected chi connectivity index (χ4v) is 1.00. The summed E-state index contributed by atoms with van der Waals surface area (Å²) in [7, 11) is 1.63. The van der Waals surface area contributed by atoms with Gasteiger partial charge in [0.1, 0.15) is 0 Å². The van der Waals surface area contributed by atoms with Crippen LogP contribution in [-0.2, 0) is 9.57 Å². The normalized spacial score (nSPS) is 28.3. The Labute approximate surface area is 55.3 Å². The molecule has 0 radical (unpaired) electrons. The molecule has 3 heteroatoms. The van der Waals surface area contributed by atoms with Crippen LogP contribution in [0.25, 0.3) is 0 Å². The van der Waals surface area contributed by atoms with Crippen molar-refractivity contribution < 1.29 is 9.57 Å². The Bertz CT molecular complexity index is 68.7. The summed E-state index contributed by atoms with van der Waals surface area (Å²) in [4.78, 5) is 4.75. The van der Waals surface area contributed by atoms with E-state index in [9.17, 15) is 0 Å². The van der Waals surface area contributed by atoms with Crippen molar-refractivity contribution in [2.45, 2.75) is 18.9 Å². The fraction of sp³-hybridized carbons (Fsp3) is 1.00. The first-order valence-electron chi connectivity index (χ1n) is 3.29. The maximum absolute atomic E-state index is 5.19. The van der Waals surface area contributed by atoms with Gasteiger partial charge in [-0.1, -0.05) is 0 Å². The van der Waals surface area contributed by atoms with Gasteiger partial charge in [0.05, 0.1) is 19.8 Å². The van der Waals surface area contributed by atoms with Crippen LogP contribution in [0.3, 0.4) is 0 Å².